The molecule has 3 aliphatic rings. The molecule has 0 radical (unpaired) electrons. The molecule has 0 saturated heterocycles. The lowest BCUT2D eigenvalue weighted by Gasteiger charge is -2.54. The number of hydrogen-bond acceptors (Lipinski definition) is 4. The first-order valence-corrected chi connectivity index (χ1v) is 10.9. The van der Waals surface area contributed by atoms with Gasteiger partial charge >= 0.3 is 0 Å². The number of fused-ring (bicyclic) bond motifs is 1. The number of anilines is 1. The first-order valence-electron chi connectivity index (χ1n) is 10.9. The highest BCUT2D eigenvalue weighted by Crippen LogP contribution is 2.60. The Labute approximate surface area is 185 Å². The van der Waals surface area contributed by atoms with Gasteiger partial charge in [0.05, 0.1) is 22.6 Å². The van der Waals surface area contributed by atoms with Gasteiger partial charge in [-0.05, 0) is 37.0 Å². The molecule has 7 rings (SSSR count). The number of nitrogens with zero attached hydrogens (tertiary/aromatic N) is 4. The first kappa shape index (κ1) is 19.0. The third-order valence-corrected chi connectivity index (χ3v) is 7.13. The van der Waals surface area contributed by atoms with Gasteiger partial charge in [0.2, 0.25) is 11.9 Å². The highest BCUT2D eigenvalue weighted by Gasteiger charge is 2.60. The molecule has 2 N–H and O–H groups in total. The molecule has 3 unspecified atom stereocenters. The van der Waals surface area contributed by atoms with Crippen molar-refractivity contribution in [2.45, 2.75) is 38.1 Å². The van der Waals surface area contributed by atoms with Crippen molar-refractivity contribution in [1.29, 1.82) is 0 Å². The van der Waals surface area contributed by atoms with Crippen LogP contribution in [-0.2, 0) is 16.6 Å². The van der Waals surface area contributed by atoms with Crippen LogP contribution in [0.2, 0.25) is 0 Å². The normalized spacial score (nSPS) is 25.2. The molecule has 4 heterocycles. The fraction of sp³-hybridized carbons (Fsp3) is 0.280. The molecule has 7 heteroatoms. The van der Waals surface area contributed by atoms with Gasteiger partial charge in [-0.2, -0.15) is 0 Å². The van der Waals surface area contributed by atoms with Crippen LogP contribution in [0.4, 0.5) is 5.95 Å². The minimum atomic E-state index is -0.676. The number of hydrogen-bond donors (Lipinski definition) is 2. The van der Waals surface area contributed by atoms with Crippen LogP contribution in [0.3, 0.4) is 0 Å². The van der Waals surface area contributed by atoms with Gasteiger partial charge in [-0.25, -0.2) is 4.98 Å². The van der Waals surface area contributed by atoms with E-state index in [-0.39, 0.29) is 17.4 Å². The minimum Gasteiger partial charge on any atom is -0.330 e. The number of amides is 1. The third-order valence-electron chi connectivity index (χ3n) is 7.13. The number of rotatable bonds is 4. The van der Waals surface area contributed by atoms with Crippen molar-refractivity contribution in [3.63, 3.8) is 0 Å². The van der Waals surface area contributed by atoms with Crippen LogP contribution in [-0.4, -0.2) is 30.6 Å². The van der Waals surface area contributed by atoms with Crippen LogP contribution < -0.4 is 5.32 Å². The van der Waals surface area contributed by atoms with Gasteiger partial charge < -0.3 is 9.55 Å². The molecule has 4 aromatic rings. The molecule has 2 bridgehead atoms. The Morgan fingerprint density at radius 2 is 1.94 bits per heavy atom. The van der Waals surface area contributed by atoms with Crippen molar-refractivity contribution in [3.05, 3.63) is 95.3 Å². The van der Waals surface area contributed by atoms with Crippen LogP contribution in [0.25, 0.3) is 0 Å². The van der Waals surface area contributed by atoms with Gasteiger partial charge in [0.25, 0.3) is 0 Å². The maximum Gasteiger partial charge on any atom is 0.235 e. The van der Waals surface area contributed by atoms with E-state index in [1.54, 1.807) is 6.33 Å². The maximum atomic E-state index is 13.7. The first-order chi connectivity index (χ1) is 15.5. The summed E-state index contributed by atoms with van der Waals surface area (Å²) in [6.45, 7) is 4.20. The van der Waals surface area contributed by atoms with E-state index >= 15 is 0 Å². The van der Waals surface area contributed by atoms with Gasteiger partial charge in [-0.3, -0.25) is 10.1 Å². The highest BCUT2D eigenvalue weighted by molar-refractivity contribution is 5.95. The maximum absolute atomic E-state index is 13.7. The van der Waals surface area contributed by atoms with E-state index in [2.05, 4.69) is 67.3 Å². The molecule has 32 heavy (non-hydrogen) atoms. The molecule has 2 aromatic heterocycles. The number of carbonyl (C=O) groups excluding carboxylic acids is 1. The third kappa shape index (κ3) is 2.60. The predicted molar refractivity (Wildman–Crippen MR) is 120 cm³/mol. The predicted octanol–water partition coefficient (Wildman–Crippen LogP) is 3.85. The van der Waals surface area contributed by atoms with Crippen molar-refractivity contribution in [3.8, 4) is 0 Å². The molecular weight excluding hydrogens is 400 g/mol. The van der Waals surface area contributed by atoms with Crippen LogP contribution in [0.1, 0.15) is 54.5 Å². The standard InChI is InChI=1S/C25H24N6O/c1-24-14-25(2,20(31-15-27-30-21(24)31)18-10-6-7-11-19(18)24)22(32)29-23-26-13-17(28-23)12-16-8-4-3-5-9-16/h3-11,13,15,20H,12,14H2,1-2H3,(H2,26,28,29,32). The second-order valence-electron chi connectivity index (χ2n) is 9.33. The van der Waals surface area contributed by atoms with E-state index in [0.29, 0.717) is 18.8 Å². The minimum absolute atomic E-state index is 0.0526. The molecule has 3 atom stereocenters. The van der Waals surface area contributed by atoms with Crippen molar-refractivity contribution in [2.24, 2.45) is 5.41 Å². The Bertz CT molecular complexity index is 1320. The van der Waals surface area contributed by atoms with Gasteiger partial charge in [0.1, 0.15) is 12.2 Å². The summed E-state index contributed by atoms with van der Waals surface area (Å²) in [5.41, 5.74) is 3.41. The van der Waals surface area contributed by atoms with E-state index in [1.807, 2.05) is 37.4 Å². The lowest BCUT2D eigenvalue weighted by molar-refractivity contribution is -0.129. The van der Waals surface area contributed by atoms with Crippen molar-refractivity contribution >= 4 is 11.9 Å². The average molecular weight is 425 g/mol. The Balaban J connectivity index is 1.32. The lowest BCUT2D eigenvalue weighted by atomic mass is 9.55. The number of imidazole rings is 1. The second kappa shape index (κ2) is 6.63. The fourth-order valence-electron chi connectivity index (χ4n) is 5.76. The monoisotopic (exact) mass is 424 g/mol. The summed E-state index contributed by atoms with van der Waals surface area (Å²) < 4.78 is 2.08. The second-order valence-corrected chi connectivity index (χ2v) is 9.33. The van der Waals surface area contributed by atoms with Gasteiger partial charge in [0.15, 0.2) is 0 Å². The zero-order chi connectivity index (χ0) is 21.9. The van der Waals surface area contributed by atoms with Crippen molar-refractivity contribution in [2.75, 3.05) is 5.32 Å². The fourth-order valence-corrected chi connectivity index (χ4v) is 5.76. The summed E-state index contributed by atoms with van der Waals surface area (Å²) >= 11 is 0. The molecule has 2 aromatic carbocycles. The van der Waals surface area contributed by atoms with Crippen LogP contribution in [0.5, 0.6) is 0 Å². The van der Waals surface area contributed by atoms with E-state index in [0.717, 1.165) is 17.1 Å². The topological polar surface area (TPSA) is 88.5 Å². The van der Waals surface area contributed by atoms with Gasteiger partial charge in [-0.15, -0.1) is 10.2 Å². The average Bonchev–Trinajstić information content (AvgIpc) is 3.45. The van der Waals surface area contributed by atoms with E-state index in [1.165, 1.54) is 11.1 Å². The van der Waals surface area contributed by atoms with Gasteiger partial charge in [-0.1, -0.05) is 54.6 Å². The van der Waals surface area contributed by atoms with E-state index < -0.39 is 5.41 Å². The molecule has 160 valence electrons. The molecule has 1 aliphatic carbocycles. The van der Waals surface area contributed by atoms with Crippen molar-refractivity contribution in [1.82, 2.24) is 24.7 Å². The SMILES string of the molecule is CC12CC(C)(C(=O)Nc3nc(Cc4ccccc4)c[nH]3)C(c3ccccc31)n1cnnc12. The number of H-pyrrole nitrogens is 1. The lowest BCUT2D eigenvalue weighted by Crippen LogP contribution is -2.55. The molecule has 0 saturated carbocycles. The molecule has 1 amide bonds. The Kier molecular flexibility index (Phi) is 3.93. The largest absolute Gasteiger partial charge is 0.330 e. The highest BCUT2D eigenvalue weighted by atomic mass is 16.2. The van der Waals surface area contributed by atoms with Crippen molar-refractivity contribution < 1.29 is 4.79 Å². The van der Waals surface area contributed by atoms with Crippen LogP contribution >= 0.6 is 0 Å². The van der Waals surface area contributed by atoms with Gasteiger partial charge in [0, 0.05) is 12.6 Å². The molecule has 2 aliphatic heterocycles. The summed E-state index contributed by atoms with van der Waals surface area (Å²) in [7, 11) is 0. The van der Waals surface area contributed by atoms with E-state index in [9.17, 15) is 4.79 Å². The summed E-state index contributed by atoms with van der Waals surface area (Å²) in [4.78, 5) is 21.4. The zero-order valence-electron chi connectivity index (χ0n) is 18.0. The van der Waals surface area contributed by atoms with Crippen LogP contribution in [0.15, 0.2) is 67.1 Å². The molecule has 7 nitrogen and oxygen atoms in total. The summed E-state index contributed by atoms with van der Waals surface area (Å²) in [6, 6.07) is 18.4. The number of aromatic amines is 1. The smallest absolute Gasteiger partial charge is 0.235 e. The summed E-state index contributed by atoms with van der Waals surface area (Å²) in [5.74, 6) is 1.35. The van der Waals surface area contributed by atoms with Crippen LogP contribution in [0, 0.1) is 5.41 Å². The zero-order valence-corrected chi connectivity index (χ0v) is 18.0. The number of nitrogens with one attached hydrogen (secondary N) is 2. The molecular formula is C25H24N6O. The number of benzene rings is 2. The summed E-state index contributed by atoms with van der Waals surface area (Å²) in [5, 5.41) is 11.7. The summed E-state index contributed by atoms with van der Waals surface area (Å²) in [6.07, 6.45) is 4.97. The molecule has 0 spiro atoms. The van der Waals surface area contributed by atoms with E-state index in [4.69, 9.17) is 0 Å². The Hall–Kier alpha value is -3.74. The Morgan fingerprint density at radius 3 is 2.78 bits per heavy atom. The number of aromatic nitrogens is 5. The number of carbonyl (C=O) groups is 1. The Morgan fingerprint density at radius 1 is 1.16 bits per heavy atom. The molecule has 0 fully saturated rings. The quantitative estimate of drug-likeness (QED) is 0.521.